The number of benzene rings is 1. The van der Waals surface area contributed by atoms with Gasteiger partial charge in [-0.1, -0.05) is 30.3 Å². The number of rotatable bonds is 13. The molecule has 1 aromatic carbocycles. The number of aliphatic carboxylic acids is 1. The number of likely N-dealkylation sites (N-methyl/N-ethyl adjacent to an activating group) is 1. The van der Waals surface area contributed by atoms with E-state index in [1.54, 1.807) is 12.1 Å². The second-order valence-electron chi connectivity index (χ2n) is 7.96. The number of nitrogens with one attached hydrogen (secondary N) is 4. The Morgan fingerprint density at radius 3 is 2.47 bits per heavy atom. The number of amides is 4. The summed E-state index contributed by atoms with van der Waals surface area (Å²) in [4.78, 5) is 68.0. The highest BCUT2D eigenvalue weighted by Crippen LogP contribution is 2.05. The van der Waals surface area contributed by atoms with Gasteiger partial charge in [-0.2, -0.15) is 0 Å². The second kappa shape index (κ2) is 14.1. The molecule has 0 fully saturated rings. The normalized spacial score (nSPS) is 12.1. The molecule has 0 radical (unpaired) electrons. The number of aromatic nitrogens is 2. The number of carboxylic acids is 1. The molecule has 1 aromatic heterocycles. The zero-order valence-electron chi connectivity index (χ0n) is 20.0. The average Bonchev–Trinajstić information content (AvgIpc) is 3.35. The molecule has 0 aliphatic heterocycles. The van der Waals surface area contributed by atoms with Crippen LogP contribution < -0.4 is 16.0 Å². The molecule has 0 bridgehead atoms. The van der Waals surface area contributed by atoms with Gasteiger partial charge in [0.1, 0.15) is 18.7 Å². The van der Waals surface area contributed by atoms with Crippen LogP contribution in [0.15, 0.2) is 42.9 Å². The van der Waals surface area contributed by atoms with E-state index < -0.39 is 41.9 Å². The van der Waals surface area contributed by atoms with Gasteiger partial charge in [-0.3, -0.25) is 19.2 Å². The van der Waals surface area contributed by atoms with Gasteiger partial charge in [-0.05, 0) is 12.5 Å². The van der Waals surface area contributed by atoms with E-state index >= 15 is 0 Å². The average molecular weight is 503 g/mol. The lowest BCUT2D eigenvalue weighted by atomic mass is 10.1. The highest BCUT2D eigenvalue weighted by atomic mass is 16.5. The zero-order chi connectivity index (χ0) is 26.5. The van der Waals surface area contributed by atoms with Crippen molar-refractivity contribution in [1.82, 2.24) is 30.8 Å². The van der Waals surface area contributed by atoms with E-state index in [2.05, 4.69) is 25.9 Å². The number of aromatic amines is 1. The summed E-state index contributed by atoms with van der Waals surface area (Å²) in [7, 11) is 1.40. The van der Waals surface area contributed by atoms with Crippen molar-refractivity contribution in [1.29, 1.82) is 0 Å². The molecule has 36 heavy (non-hydrogen) atoms. The highest BCUT2D eigenvalue weighted by molar-refractivity contribution is 5.90. The van der Waals surface area contributed by atoms with Gasteiger partial charge in [0.05, 0.1) is 12.9 Å². The summed E-state index contributed by atoms with van der Waals surface area (Å²) in [5.74, 6) is -2.77. The fraction of sp³-hybridized carbons (Fsp3) is 0.391. The fourth-order valence-corrected chi connectivity index (χ4v) is 3.03. The largest absolute Gasteiger partial charge is 0.480 e. The van der Waals surface area contributed by atoms with Crippen LogP contribution in [0.4, 0.5) is 4.79 Å². The topological polar surface area (TPSA) is 183 Å². The molecule has 0 spiro atoms. The maximum atomic E-state index is 13.0. The lowest BCUT2D eigenvalue weighted by molar-refractivity contribution is -0.141. The molecule has 0 aliphatic rings. The first-order chi connectivity index (χ1) is 17.2. The first kappa shape index (κ1) is 27.8. The van der Waals surface area contributed by atoms with Gasteiger partial charge in [0.25, 0.3) is 0 Å². The second-order valence-corrected chi connectivity index (χ2v) is 7.96. The van der Waals surface area contributed by atoms with E-state index in [0.29, 0.717) is 5.69 Å². The molecule has 2 aromatic rings. The predicted molar refractivity (Wildman–Crippen MR) is 126 cm³/mol. The van der Waals surface area contributed by atoms with Crippen molar-refractivity contribution in [2.24, 2.45) is 0 Å². The predicted octanol–water partition coefficient (Wildman–Crippen LogP) is -0.199. The van der Waals surface area contributed by atoms with Crippen LogP contribution in [0.1, 0.15) is 24.6 Å². The molecule has 2 atom stereocenters. The minimum atomic E-state index is -1.17. The van der Waals surface area contributed by atoms with Gasteiger partial charge in [-0.15, -0.1) is 0 Å². The summed E-state index contributed by atoms with van der Waals surface area (Å²) in [5, 5.41) is 16.1. The van der Waals surface area contributed by atoms with E-state index in [4.69, 9.17) is 9.84 Å². The van der Waals surface area contributed by atoms with Crippen LogP contribution in [-0.2, 0) is 36.9 Å². The Morgan fingerprint density at radius 2 is 1.83 bits per heavy atom. The smallest absolute Gasteiger partial charge is 0.408 e. The number of carboxylic acid groups (broad SMARTS) is 1. The van der Waals surface area contributed by atoms with Crippen LogP contribution in [0, 0.1) is 0 Å². The Morgan fingerprint density at radius 1 is 1.11 bits per heavy atom. The minimum Gasteiger partial charge on any atom is -0.480 e. The number of alkyl carbamates (subject to hydrolysis) is 1. The number of H-pyrrole nitrogens is 1. The van der Waals surface area contributed by atoms with Crippen molar-refractivity contribution in [3.05, 3.63) is 54.1 Å². The number of carbonyl (C=O) groups is 5. The maximum absolute atomic E-state index is 13.0. The molecule has 2 rings (SSSR count). The van der Waals surface area contributed by atoms with Crippen molar-refractivity contribution in [2.75, 3.05) is 20.1 Å². The standard InChI is InChI=1S/C23H30N6O7/c1-15(22(33)34)27-19(30)8-9-25-20(31)12-29(2)21(32)18(10-17-11-24-14-26-17)28-23(35)36-13-16-6-4-3-5-7-16/h3-7,11,14-15,18H,8-10,12-13H2,1-2H3,(H,24,26)(H,25,31)(H,27,30)(H,28,35)(H,33,34)/t15-,18+/m1/s1. The number of hydrogen-bond acceptors (Lipinski definition) is 7. The van der Waals surface area contributed by atoms with E-state index in [9.17, 15) is 24.0 Å². The van der Waals surface area contributed by atoms with E-state index in [-0.39, 0.29) is 32.5 Å². The van der Waals surface area contributed by atoms with Gasteiger partial charge in [-0.25, -0.2) is 9.78 Å². The first-order valence-electron chi connectivity index (χ1n) is 11.1. The lowest BCUT2D eigenvalue weighted by Gasteiger charge is -2.24. The molecule has 13 nitrogen and oxygen atoms in total. The van der Waals surface area contributed by atoms with Crippen molar-refractivity contribution in [3.8, 4) is 0 Å². The molecule has 4 amide bonds. The maximum Gasteiger partial charge on any atom is 0.408 e. The number of hydrogen-bond donors (Lipinski definition) is 5. The Kier molecular flexibility index (Phi) is 10.9. The summed E-state index contributed by atoms with van der Waals surface area (Å²) in [6.45, 7) is 0.978. The zero-order valence-corrected chi connectivity index (χ0v) is 20.0. The molecule has 13 heteroatoms. The molecule has 0 saturated carbocycles. The molecule has 0 unspecified atom stereocenters. The van der Waals surface area contributed by atoms with Crippen molar-refractivity contribution < 1.29 is 33.8 Å². The highest BCUT2D eigenvalue weighted by Gasteiger charge is 2.26. The molecule has 5 N–H and O–H groups in total. The van der Waals surface area contributed by atoms with Gasteiger partial charge in [0, 0.05) is 38.3 Å². The van der Waals surface area contributed by atoms with E-state index in [0.717, 1.165) is 10.5 Å². The molecule has 0 saturated heterocycles. The van der Waals surface area contributed by atoms with E-state index in [1.165, 1.54) is 26.5 Å². The molecule has 1 heterocycles. The number of ether oxygens (including phenoxy) is 1. The third-order valence-corrected chi connectivity index (χ3v) is 4.96. The summed E-state index contributed by atoms with van der Waals surface area (Å²) in [6.07, 6.45) is 2.12. The van der Waals surface area contributed by atoms with Crippen LogP contribution in [0.25, 0.3) is 0 Å². The van der Waals surface area contributed by atoms with Crippen LogP contribution in [0.2, 0.25) is 0 Å². The van der Waals surface area contributed by atoms with Crippen LogP contribution >= 0.6 is 0 Å². The number of imidazole rings is 1. The van der Waals surface area contributed by atoms with Gasteiger partial charge >= 0.3 is 12.1 Å². The summed E-state index contributed by atoms with van der Waals surface area (Å²) >= 11 is 0. The Balaban J connectivity index is 1.87. The van der Waals surface area contributed by atoms with Crippen molar-refractivity contribution in [2.45, 2.75) is 38.5 Å². The molecule has 0 aliphatic carbocycles. The number of carbonyl (C=O) groups excluding carboxylic acids is 4. The SMILES string of the molecule is C[C@@H](NC(=O)CCNC(=O)CN(C)C(=O)[C@H](Cc1cnc[nH]1)NC(=O)OCc1ccccc1)C(=O)O. The Labute approximate surface area is 207 Å². The van der Waals surface area contributed by atoms with Crippen LogP contribution in [0.5, 0.6) is 0 Å². The monoisotopic (exact) mass is 502 g/mol. The quantitative estimate of drug-likeness (QED) is 0.249. The Hall–Kier alpha value is -4.42. The third-order valence-electron chi connectivity index (χ3n) is 4.96. The molecule has 194 valence electrons. The van der Waals surface area contributed by atoms with Gasteiger partial charge in [0.15, 0.2) is 0 Å². The minimum absolute atomic E-state index is 0.0225. The van der Waals surface area contributed by atoms with Crippen LogP contribution in [-0.4, -0.2) is 82.0 Å². The molecular weight excluding hydrogens is 472 g/mol. The van der Waals surface area contributed by atoms with Gasteiger partial charge < -0.3 is 35.7 Å². The van der Waals surface area contributed by atoms with Gasteiger partial charge in [0.2, 0.25) is 17.7 Å². The van der Waals surface area contributed by atoms with E-state index in [1.807, 2.05) is 18.2 Å². The summed E-state index contributed by atoms with van der Waals surface area (Å²) < 4.78 is 5.21. The third kappa shape index (κ3) is 9.83. The van der Waals surface area contributed by atoms with Crippen LogP contribution in [0.3, 0.4) is 0 Å². The summed E-state index contributed by atoms with van der Waals surface area (Å²) in [6, 6.07) is 6.97. The first-order valence-corrected chi connectivity index (χ1v) is 11.1. The summed E-state index contributed by atoms with van der Waals surface area (Å²) in [5.41, 5.74) is 1.38. The van der Waals surface area contributed by atoms with Crippen molar-refractivity contribution >= 4 is 29.8 Å². The number of nitrogens with zero attached hydrogens (tertiary/aromatic N) is 2. The Bertz CT molecular complexity index is 1030. The lowest BCUT2D eigenvalue weighted by Crippen LogP contribution is -2.51. The van der Waals surface area contributed by atoms with Crippen molar-refractivity contribution in [3.63, 3.8) is 0 Å². The fourth-order valence-electron chi connectivity index (χ4n) is 3.03. The molecular formula is C23H30N6O7.